The number of hydrogen-bond acceptors (Lipinski definition) is 4. The fraction of sp³-hybridized carbons (Fsp3) is 0.200. The van der Waals surface area contributed by atoms with Crippen LogP contribution in [0.1, 0.15) is 10.7 Å². The van der Waals surface area contributed by atoms with Crippen molar-refractivity contribution >= 4 is 34.0 Å². The molecule has 3 rings (SSSR count). The molecule has 0 saturated carbocycles. The van der Waals surface area contributed by atoms with Crippen LogP contribution in [0.25, 0.3) is 11.0 Å². The summed E-state index contributed by atoms with van der Waals surface area (Å²) in [6, 6.07) is 9.74. The Hall–Kier alpha value is -2.34. The lowest BCUT2D eigenvalue weighted by atomic mass is 10.2. The first-order valence-electron chi connectivity index (χ1n) is 6.65. The molecule has 0 unspecified atom stereocenters. The number of aromatic nitrogens is 2. The van der Waals surface area contributed by atoms with Gasteiger partial charge in [0.1, 0.15) is 17.9 Å². The van der Waals surface area contributed by atoms with Crippen molar-refractivity contribution in [1.29, 1.82) is 0 Å². The highest BCUT2D eigenvalue weighted by Gasteiger charge is 2.15. The van der Waals surface area contributed by atoms with Gasteiger partial charge in [0.25, 0.3) is 0 Å². The molecule has 0 saturated heterocycles. The van der Waals surface area contributed by atoms with Gasteiger partial charge in [-0.1, -0.05) is 12.1 Å². The van der Waals surface area contributed by atoms with Crippen LogP contribution in [0.15, 0.2) is 35.7 Å². The molecule has 0 spiro atoms. The number of nitrogens with one attached hydrogen (secondary N) is 1. The molecule has 2 heterocycles. The highest BCUT2D eigenvalue weighted by molar-refractivity contribution is 7.09. The van der Waals surface area contributed by atoms with E-state index in [1.807, 2.05) is 34.2 Å². The summed E-state index contributed by atoms with van der Waals surface area (Å²) in [6.07, 6.45) is 0.697. The van der Waals surface area contributed by atoms with E-state index in [2.05, 4.69) is 16.4 Å². The summed E-state index contributed by atoms with van der Waals surface area (Å²) < 4.78 is 1.93. The van der Waals surface area contributed by atoms with Gasteiger partial charge in [-0.3, -0.25) is 4.79 Å². The molecule has 2 aromatic heterocycles. The number of amides is 1. The molecule has 0 bridgehead atoms. The Labute approximate surface area is 126 Å². The van der Waals surface area contributed by atoms with Crippen LogP contribution in [-0.4, -0.2) is 22.5 Å². The van der Waals surface area contributed by atoms with Crippen LogP contribution in [0.4, 0.5) is 5.69 Å². The zero-order valence-electron chi connectivity index (χ0n) is 11.7. The van der Waals surface area contributed by atoms with Gasteiger partial charge in [0, 0.05) is 18.3 Å². The minimum Gasteiger partial charge on any atom is -0.397 e. The number of benzene rings is 1. The minimum atomic E-state index is -0.0517. The molecule has 5 nitrogen and oxygen atoms in total. The van der Waals surface area contributed by atoms with Crippen LogP contribution in [0, 0.1) is 0 Å². The number of para-hydroxylation sites is 1. The van der Waals surface area contributed by atoms with Crippen LogP contribution in [0.3, 0.4) is 0 Å². The van der Waals surface area contributed by atoms with Crippen molar-refractivity contribution in [1.82, 2.24) is 14.9 Å². The zero-order chi connectivity index (χ0) is 14.8. The normalized spacial score (nSPS) is 10.9. The Balaban J connectivity index is 2.10. The van der Waals surface area contributed by atoms with Crippen LogP contribution in [0.2, 0.25) is 0 Å². The molecule has 3 aromatic rings. The molecule has 0 fully saturated rings. The molecule has 3 N–H and O–H groups in total. The average molecular weight is 300 g/mol. The first-order valence-corrected chi connectivity index (χ1v) is 7.53. The maximum Gasteiger partial charge on any atom is 0.239 e. The third-order valence-electron chi connectivity index (χ3n) is 3.38. The van der Waals surface area contributed by atoms with Crippen molar-refractivity contribution < 1.29 is 4.79 Å². The maximum atomic E-state index is 11.8. The number of hydrogen-bond donors (Lipinski definition) is 2. The van der Waals surface area contributed by atoms with Crippen molar-refractivity contribution in [3.8, 4) is 0 Å². The van der Waals surface area contributed by atoms with E-state index in [-0.39, 0.29) is 12.5 Å². The van der Waals surface area contributed by atoms with E-state index in [9.17, 15) is 4.79 Å². The molecular formula is C15H16N4OS. The fourth-order valence-corrected chi connectivity index (χ4v) is 3.02. The smallest absolute Gasteiger partial charge is 0.239 e. The first kappa shape index (κ1) is 13.6. The van der Waals surface area contributed by atoms with Gasteiger partial charge in [0.2, 0.25) is 5.91 Å². The molecule has 0 aliphatic carbocycles. The number of fused-ring (bicyclic) bond motifs is 1. The first-order chi connectivity index (χ1) is 10.2. The Bertz CT molecular complexity index is 776. The number of anilines is 1. The van der Waals surface area contributed by atoms with E-state index in [1.165, 1.54) is 4.88 Å². The van der Waals surface area contributed by atoms with Gasteiger partial charge in [-0.25, -0.2) is 4.98 Å². The molecule has 0 aliphatic heterocycles. The van der Waals surface area contributed by atoms with Crippen LogP contribution in [-0.2, 0) is 17.8 Å². The number of thiophene rings is 1. The van der Waals surface area contributed by atoms with Crippen molar-refractivity contribution in [2.24, 2.45) is 0 Å². The molecule has 1 aromatic carbocycles. The standard InChI is InChI=1S/C15H16N4OS/c1-17-14(20)9-19-12-6-2-5-11(16)15(12)18-13(19)8-10-4-3-7-21-10/h2-7H,8-9,16H2,1H3,(H,17,20). The number of nitrogens with zero attached hydrogens (tertiary/aromatic N) is 2. The van der Waals surface area contributed by atoms with E-state index < -0.39 is 0 Å². The maximum absolute atomic E-state index is 11.8. The van der Waals surface area contributed by atoms with Gasteiger partial charge >= 0.3 is 0 Å². The molecule has 0 atom stereocenters. The largest absolute Gasteiger partial charge is 0.397 e. The Morgan fingerprint density at radius 2 is 2.24 bits per heavy atom. The second kappa shape index (κ2) is 5.57. The summed E-state index contributed by atoms with van der Waals surface area (Å²) in [6.45, 7) is 0.247. The molecule has 6 heteroatoms. The lowest BCUT2D eigenvalue weighted by Crippen LogP contribution is -2.24. The van der Waals surface area contributed by atoms with Crippen LogP contribution >= 0.6 is 11.3 Å². The highest BCUT2D eigenvalue weighted by Crippen LogP contribution is 2.24. The molecule has 21 heavy (non-hydrogen) atoms. The van der Waals surface area contributed by atoms with Crippen molar-refractivity contribution in [2.45, 2.75) is 13.0 Å². The monoisotopic (exact) mass is 300 g/mol. The van der Waals surface area contributed by atoms with Gasteiger partial charge in [0.05, 0.1) is 11.2 Å². The second-order valence-corrected chi connectivity index (χ2v) is 5.79. The predicted octanol–water partition coefficient (Wildman–Crippen LogP) is 2.02. The van der Waals surface area contributed by atoms with Crippen LogP contribution < -0.4 is 11.1 Å². The number of likely N-dealkylation sites (N-methyl/N-ethyl adjacent to an activating group) is 1. The van der Waals surface area contributed by atoms with Crippen LogP contribution in [0.5, 0.6) is 0 Å². The zero-order valence-corrected chi connectivity index (χ0v) is 12.5. The highest BCUT2D eigenvalue weighted by atomic mass is 32.1. The summed E-state index contributed by atoms with van der Waals surface area (Å²) in [5.74, 6) is 0.804. The van der Waals surface area contributed by atoms with Gasteiger partial charge in [-0.15, -0.1) is 11.3 Å². The number of nitrogen functional groups attached to an aromatic ring is 1. The molecular weight excluding hydrogens is 284 g/mol. The van der Waals surface area contributed by atoms with Gasteiger partial charge < -0.3 is 15.6 Å². The Morgan fingerprint density at radius 3 is 2.95 bits per heavy atom. The summed E-state index contributed by atoms with van der Waals surface area (Å²) in [7, 11) is 1.63. The average Bonchev–Trinajstić information content (AvgIpc) is 3.10. The number of carbonyl (C=O) groups is 1. The predicted molar refractivity (Wildman–Crippen MR) is 85.3 cm³/mol. The van der Waals surface area contributed by atoms with Gasteiger partial charge in [-0.2, -0.15) is 0 Å². The third-order valence-corrected chi connectivity index (χ3v) is 4.26. The number of imidazole rings is 1. The van der Waals surface area contributed by atoms with E-state index in [4.69, 9.17) is 5.73 Å². The number of rotatable bonds is 4. The van der Waals surface area contributed by atoms with E-state index >= 15 is 0 Å². The van der Waals surface area contributed by atoms with E-state index in [1.54, 1.807) is 18.4 Å². The van der Waals surface area contributed by atoms with Crippen molar-refractivity contribution in [3.05, 3.63) is 46.4 Å². The topological polar surface area (TPSA) is 72.9 Å². The van der Waals surface area contributed by atoms with Crippen molar-refractivity contribution in [2.75, 3.05) is 12.8 Å². The van der Waals surface area contributed by atoms with E-state index in [0.29, 0.717) is 12.1 Å². The second-order valence-electron chi connectivity index (χ2n) is 4.76. The molecule has 0 aliphatic rings. The number of nitrogens with two attached hydrogens (primary N) is 1. The van der Waals surface area contributed by atoms with Gasteiger partial charge in [-0.05, 0) is 23.6 Å². The van der Waals surface area contributed by atoms with Gasteiger partial charge in [0.15, 0.2) is 0 Å². The number of carbonyl (C=O) groups excluding carboxylic acids is 1. The quantitative estimate of drug-likeness (QED) is 0.724. The van der Waals surface area contributed by atoms with Crippen molar-refractivity contribution in [3.63, 3.8) is 0 Å². The minimum absolute atomic E-state index is 0.0517. The molecule has 1 amide bonds. The summed E-state index contributed by atoms with van der Waals surface area (Å²) in [4.78, 5) is 17.6. The lowest BCUT2D eigenvalue weighted by Gasteiger charge is -2.07. The Morgan fingerprint density at radius 1 is 1.38 bits per heavy atom. The summed E-state index contributed by atoms with van der Waals surface area (Å²) in [5.41, 5.74) is 8.29. The van der Waals surface area contributed by atoms with E-state index in [0.717, 1.165) is 16.9 Å². The summed E-state index contributed by atoms with van der Waals surface area (Å²) in [5, 5.41) is 4.69. The third kappa shape index (κ3) is 2.62. The lowest BCUT2D eigenvalue weighted by molar-refractivity contribution is -0.121. The summed E-state index contributed by atoms with van der Waals surface area (Å²) >= 11 is 1.68. The molecule has 0 radical (unpaired) electrons. The Kier molecular flexibility index (Phi) is 3.62. The SMILES string of the molecule is CNC(=O)Cn1c(Cc2cccs2)nc2c(N)cccc21. The molecule has 108 valence electrons. The fourth-order valence-electron chi connectivity index (χ4n) is 2.32.